The van der Waals surface area contributed by atoms with Crippen LogP contribution in [-0.4, -0.2) is 54.4 Å². The number of nitrogens with two attached hydrogens (primary N) is 1. The van der Waals surface area contributed by atoms with Gasteiger partial charge in [-0.2, -0.15) is 0 Å². The third-order valence-electron chi connectivity index (χ3n) is 7.24. The zero-order valence-corrected chi connectivity index (χ0v) is 25.7. The van der Waals surface area contributed by atoms with E-state index in [0.717, 1.165) is 27.3 Å². The Kier molecular flexibility index (Phi) is 11.9. The molecule has 224 valence electrons. The molecule has 0 saturated carbocycles. The van der Waals surface area contributed by atoms with Gasteiger partial charge in [-0.3, -0.25) is 4.79 Å². The third-order valence-corrected chi connectivity index (χ3v) is 8.31. The molecule has 0 saturated heterocycles. The first-order valence-electron chi connectivity index (χ1n) is 14.8. The number of fused-ring (bicyclic) bond motifs is 1. The highest BCUT2D eigenvalue weighted by atomic mass is 32.1. The maximum atomic E-state index is 13.0. The van der Waals surface area contributed by atoms with Crippen LogP contribution in [0.2, 0.25) is 0 Å². The van der Waals surface area contributed by atoms with Crippen LogP contribution >= 0.6 is 11.3 Å². The Balaban J connectivity index is 1.13. The molecular weight excluding hydrogens is 544 g/mol. The lowest BCUT2D eigenvalue weighted by atomic mass is 9.86. The fourth-order valence-corrected chi connectivity index (χ4v) is 6.06. The van der Waals surface area contributed by atoms with E-state index >= 15 is 0 Å². The molecule has 4 rings (SSSR count). The molecule has 0 spiro atoms. The second-order valence-corrected chi connectivity index (χ2v) is 12.4. The van der Waals surface area contributed by atoms with E-state index in [1.807, 2.05) is 30.3 Å². The Morgan fingerprint density at radius 3 is 2.52 bits per heavy atom. The smallest absolute Gasteiger partial charge is 0.225 e. The van der Waals surface area contributed by atoms with Gasteiger partial charge in [0.1, 0.15) is 5.01 Å². The Labute approximate surface area is 253 Å². The van der Waals surface area contributed by atoms with Crippen molar-refractivity contribution in [3.05, 3.63) is 83.9 Å². The Hall–Kier alpha value is -3.30. The van der Waals surface area contributed by atoms with Crippen molar-refractivity contribution in [3.63, 3.8) is 0 Å². The number of aliphatic hydroxyl groups is 1. The van der Waals surface area contributed by atoms with Gasteiger partial charge in [0.2, 0.25) is 5.91 Å². The van der Waals surface area contributed by atoms with Crippen molar-refractivity contribution in [2.24, 2.45) is 17.6 Å². The van der Waals surface area contributed by atoms with E-state index in [1.54, 1.807) is 11.3 Å². The topological polar surface area (TPSA) is 110 Å². The number of hydrogen-bond donors (Lipinski definition) is 4. The van der Waals surface area contributed by atoms with Gasteiger partial charge < -0.3 is 26.2 Å². The van der Waals surface area contributed by atoms with Crippen LogP contribution in [0.4, 0.5) is 5.69 Å². The number of hydrogen-bond acceptors (Lipinski definition) is 7. The molecule has 5 N–H and O–H groups in total. The average Bonchev–Trinajstić information content (AvgIpc) is 3.40. The van der Waals surface area contributed by atoms with E-state index in [9.17, 15) is 9.90 Å². The van der Waals surface area contributed by atoms with Crippen molar-refractivity contribution >= 4 is 33.1 Å². The van der Waals surface area contributed by atoms with Crippen LogP contribution in [0.3, 0.4) is 0 Å². The van der Waals surface area contributed by atoms with Crippen LogP contribution in [0.5, 0.6) is 0 Å². The maximum absolute atomic E-state index is 13.0. The van der Waals surface area contributed by atoms with Gasteiger partial charge >= 0.3 is 0 Å². The second kappa shape index (κ2) is 15.8. The summed E-state index contributed by atoms with van der Waals surface area (Å²) in [5.41, 5.74) is 11.8. The minimum absolute atomic E-state index is 0.147. The third kappa shape index (κ3) is 9.36. The number of ether oxygens (including phenoxy) is 1. The summed E-state index contributed by atoms with van der Waals surface area (Å²) in [6, 6.07) is 24.0. The van der Waals surface area contributed by atoms with Crippen LogP contribution in [0.15, 0.2) is 72.8 Å². The Morgan fingerprint density at radius 1 is 1.02 bits per heavy atom. The largest absolute Gasteiger partial charge is 0.391 e. The van der Waals surface area contributed by atoms with Gasteiger partial charge in [0.05, 0.1) is 28.8 Å². The lowest BCUT2D eigenvalue weighted by molar-refractivity contribution is -0.130. The molecule has 1 amide bonds. The molecule has 0 unspecified atom stereocenters. The van der Waals surface area contributed by atoms with Gasteiger partial charge in [0, 0.05) is 37.0 Å². The molecular formula is C34H44N4O3S. The molecule has 0 bridgehead atoms. The zero-order valence-electron chi connectivity index (χ0n) is 24.9. The number of aliphatic hydroxyl groups excluding tert-OH is 1. The highest BCUT2D eigenvalue weighted by Crippen LogP contribution is 2.31. The van der Waals surface area contributed by atoms with Gasteiger partial charge in [-0.15, -0.1) is 11.3 Å². The van der Waals surface area contributed by atoms with Crippen LogP contribution in [-0.2, 0) is 16.0 Å². The molecule has 3 atom stereocenters. The number of carbonyl (C=O) groups excluding carboxylic acids is 1. The highest BCUT2D eigenvalue weighted by molar-refractivity contribution is 7.21. The number of benzene rings is 3. The van der Waals surface area contributed by atoms with E-state index in [0.29, 0.717) is 45.6 Å². The van der Waals surface area contributed by atoms with Gasteiger partial charge in [-0.05, 0) is 79.6 Å². The number of nitrogens with zero attached hydrogens (tertiary/aromatic N) is 1. The molecule has 8 heteroatoms. The monoisotopic (exact) mass is 588 g/mol. The minimum atomic E-state index is -0.908. The summed E-state index contributed by atoms with van der Waals surface area (Å²) in [6.07, 6.45) is 0.898. The van der Waals surface area contributed by atoms with Crippen molar-refractivity contribution in [2.45, 2.75) is 52.2 Å². The van der Waals surface area contributed by atoms with Gasteiger partial charge in [-0.1, -0.05) is 50.2 Å². The van der Waals surface area contributed by atoms with Gasteiger partial charge in [-0.25, -0.2) is 4.98 Å². The van der Waals surface area contributed by atoms with Crippen molar-refractivity contribution in [3.8, 4) is 10.6 Å². The van der Waals surface area contributed by atoms with Crippen LogP contribution in [0.25, 0.3) is 20.8 Å². The summed E-state index contributed by atoms with van der Waals surface area (Å²) in [5.74, 6) is -0.423. The number of aryl methyl sites for hydroxylation is 1. The fourth-order valence-electron chi connectivity index (χ4n) is 4.99. The molecule has 0 aliphatic carbocycles. The summed E-state index contributed by atoms with van der Waals surface area (Å²) in [7, 11) is 0. The highest BCUT2D eigenvalue weighted by Gasteiger charge is 2.31. The van der Waals surface area contributed by atoms with Gasteiger partial charge in [0.25, 0.3) is 0 Å². The van der Waals surface area contributed by atoms with Crippen LogP contribution in [0, 0.1) is 18.8 Å². The fraction of sp³-hybridized carbons (Fsp3) is 0.412. The summed E-state index contributed by atoms with van der Waals surface area (Å²) >= 11 is 1.71. The van der Waals surface area contributed by atoms with Crippen molar-refractivity contribution < 1.29 is 14.6 Å². The molecule has 0 fully saturated rings. The van der Waals surface area contributed by atoms with Crippen LogP contribution < -0.4 is 16.4 Å². The zero-order chi connectivity index (χ0) is 29.9. The summed E-state index contributed by atoms with van der Waals surface area (Å²) in [6.45, 7) is 8.49. The number of amides is 1. The van der Waals surface area contributed by atoms with Crippen molar-refractivity contribution in [1.29, 1.82) is 0 Å². The Morgan fingerprint density at radius 2 is 1.79 bits per heavy atom. The molecule has 0 radical (unpaired) electrons. The molecule has 0 aliphatic heterocycles. The quantitative estimate of drug-likeness (QED) is 0.123. The molecule has 0 aliphatic rings. The number of thiazole rings is 1. The van der Waals surface area contributed by atoms with Crippen molar-refractivity contribution in [2.75, 3.05) is 31.6 Å². The van der Waals surface area contributed by atoms with Gasteiger partial charge in [0.15, 0.2) is 0 Å². The maximum Gasteiger partial charge on any atom is 0.225 e. The number of anilines is 1. The lowest BCUT2D eigenvalue weighted by Crippen LogP contribution is -2.48. The number of rotatable bonds is 16. The number of aromatic nitrogens is 1. The molecule has 1 aromatic heterocycles. The SMILES string of the molecule is Cc1ccc2nc(-c3ccc(NCCOCCCNC(=O)[C@H](CC(C)C)[C@H](O)[C@@H](N)Cc4ccccc4)cc3)sc2c1. The minimum Gasteiger partial charge on any atom is -0.391 e. The molecule has 1 heterocycles. The molecule has 7 nitrogen and oxygen atoms in total. The predicted molar refractivity (Wildman–Crippen MR) is 174 cm³/mol. The van der Waals surface area contributed by atoms with E-state index in [1.165, 1.54) is 10.3 Å². The summed E-state index contributed by atoms with van der Waals surface area (Å²) < 4.78 is 6.97. The lowest BCUT2D eigenvalue weighted by Gasteiger charge is -2.28. The van der Waals surface area contributed by atoms with Crippen molar-refractivity contribution in [1.82, 2.24) is 10.3 Å². The first-order valence-corrected chi connectivity index (χ1v) is 15.7. The van der Waals surface area contributed by atoms with E-state index in [2.05, 4.69) is 73.9 Å². The first kappa shape index (κ1) is 31.6. The molecule has 3 aromatic carbocycles. The van der Waals surface area contributed by atoms with Crippen LogP contribution in [0.1, 0.15) is 37.8 Å². The summed E-state index contributed by atoms with van der Waals surface area (Å²) in [4.78, 5) is 17.7. The van der Waals surface area contributed by atoms with E-state index < -0.39 is 18.1 Å². The number of carbonyl (C=O) groups is 1. The standard InChI is InChI=1S/C34H44N4O3S/c1-23(2)20-28(32(39)29(35)22-25-8-5-4-6-9-25)33(40)37-16-7-18-41-19-17-36-27-13-11-26(12-14-27)34-38-30-15-10-24(3)21-31(30)42-34/h4-6,8-15,21,23,28-29,32,36,39H,7,16-20,22,35H2,1-3H3,(H,37,40)/t28-,29+,32+/m1/s1. The second-order valence-electron chi connectivity index (χ2n) is 11.3. The average molecular weight is 589 g/mol. The Bertz CT molecular complexity index is 1390. The number of nitrogens with one attached hydrogen (secondary N) is 2. The normalized spacial score (nSPS) is 13.7. The molecule has 42 heavy (non-hydrogen) atoms. The van der Waals surface area contributed by atoms with E-state index in [4.69, 9.17) is 15.5 Å². The predicted octanol–water partition coefficient (Wildman–Crippen LogP) is 5.80. The van der Waals surface area contributed by atoms with E-state index in [-0.39, 0.29) is 11.8 Å². The molecule has 4 aromatic rings. The summed E-state index contributed by atoms with van der Waals surface area (Å²) in [5, 5.41) is 18.3. The first-order chi connectivity index (χ1) is 20.3.